The standard InChI is InChI=1S/C16H20F3NO5/c1-15(2,3)25-14(23)20-11(9-13(21)22)7-10-5-4-6-12(8-10)24-16(17,18)19/h4-6,8,11H,7,9H2,1-3H3,(H,20,23)(H,21,22). The van der Waals surface area contributed by atoms with Crippen LogP contribution in [0.1, 0.15) is 32.8 Å². The van der Waals surface area contributed by atoms with Gasteiger partial charge in [-0.2, -0.15) is 0 Å². The number of amides is 1. The number of carboxylic acids is 1. The first-order chi connectivity index (χ1) is 11.3. The normalized spacial score (nSPS) is 13.0. The lowest BCUT2D eigenvalue weighted by atomic mass is 10.0. The Balaban J connectivity index is 2.83. The Morgan fingerprint density at radius 1 is 1.24 bits per heavy atom. The molecule has 0 bridgehead atoms. The summed E-state index contributed by atoms with van der Waals surface area (Å²) in [5, 5.41) is 11.4. The molecule has 0 aliphatic rings. The number of carbonyl (C=O) groups is 2. The van der Waals surface area contributed by atoms with Gasteiger partial charge >= 0.3 is 18.4 Å². The summed E-state index contributed by atoms with van der Waals surface area (Å²) in [5.41, 5.74) is -0.387. The van der Waals surface area contributed by atoms with E-state index in [0.29, 0.717) is 5.56 Å². The molecule has 0 radical (unpaired) electrons. The van der Waals surface area contributed by atoms with Gasteiger partial charge in [0.1, 0.15) is 11.4 Å². The zero-order chi connectivity index (χ0) is 19.3. The third-order valence-electron chi connectivity index (χ3n) is 2.76. The van der Waals surface area contributed by atoms with Gasteiger partial charge in [0.05, 0.1) is 6.42 Å². The Morgan fingerprint density at radius 2 is 1.88 bits per heavy atom. The van der Waals surface area contributed by atoms with Crippen molar-refractivity contribution in [3.8, 4) is 5.75 Å². The predicted octanol–water partition coefficient (Wildman–Crippen LogP) is 3.50. The quantitative estimate of drug-likeness (QED) is 0.808. The van der Waals surface area contributed by atoms with Gasteiger partial charge in [0.15, 0.2) is 0 Å². The topological polar surface area (TPSA) is 84.9 Å². The summed E-state index contributed by atoms with van der Waals surface area (Å²) in [6.45, 7) is 4.95. The Hall–Kier alpha value is -2.45. The molecule has 0 fully saturated rings. The van der Waals surface area contributed by atoms with Crippen LogP contribution in [0.4, 0.5) is 18.0 Å². The lowest BCUT2D eigenvalue weighted by Crippen LogP contribution is -2.41. The van der Waals surface area contributed by atoms with Crippen molar-refractivity contribution >= 4 is 12.1 Å². The number of hydrogen-bond acceptors (Lipinski definition) is 4. The minimum Gasteiger partial charge on any atom is -0.481 e. The monoisotopic (exact) mass is 363 g/mol. The van der Waals surface area contributed by atoms with E-state index in [1.165, 1.54) is 12.1 Å². The molecule has 0 saturated heterocycles. The van der Waals surface area contributed by atoms with Crippen molar-refractivity contribution in [1.29, 1.82) is 0 Å². The first-order valence-corrected chi connectivity index (χ1v) is 7.40. The maximum absolute atomic E-state index is 12.3. The van der Waals surface area contributed by atoms with Gasteiger partial charge < -0.3 is 19.9 Å². The van der Waals surface area contributed by atoms with Crippen LogP contribution in [-0.2, 0) is 16.0 Å². The predicted molar refractivity (Wildman–Crippen MR) is 82.2 cm³/mol. The van der Waals surface area contributed by atoms with E-state index < -0.39 is 42.2 Å². The molecule has 1 aromatic rings. The lowest BCUT2D eigenvalue weighted by molar-refractivity contribution is -0.274. The Bertz CT molecular complexity index is 611. The summed E-state index contributed by atoms with van der Waals surface area (Å²) >= 11 is 0. The highest BCUT2D eigenvalue weighted by Crippen LogP contribution is 2.24. The van der Waals surface area contributed by atoms with Crippen molar-refractivity contribution in [2.75, 3.05) is 0 Å². The van der Waals surface area contributed by atoms with Crippen LogP contribution in [0, 0.1) is 0 Å². The lowest BCUT2D eigenvalue weighted by Gasteiger charge is -2.23. The first-order valence-electron chi connectivity index (χ1n) is 7.40. The van der Waals surface area contributed by atoms with Gasteiger partial charge in [-0.1, -0.05) is 12.1 Å². The van der Waals surface area contributed by atoms with Crippen LogP contribution in [-0.4, -0.2) is 35.2 Å². The second kappa shape index (κ2) is 8.09. The molecular formula is C16H20F3NO5. The fourth-order valence-corrected chi connectivity index (χ4v) is 2.01. The number of benzene rings is 1. The van der Waals surface area contributed by atoms with Crippen LogP contribution in [0.15, 0.2) is 24.3 Å². The number of aliphatic carboxylic acids is 1. The summed E-state index contributed by atoms with van der Waals surface area (Å²) in [7, 11) is 0. The average Bonchev–Trinajstić information content (AvgIpc) is 2.33. The number of alkyl halides is 3. The van der Waals surface area contributed by atoms with Crippen molar-refractivity contribution in [3.63, 3.8) is 0 Å². The van der Waals surface area contributed by atoms with Gasteiger partial charge in [-0.3, -0.25) is 4.79 Å². The maximum atomic E-state index is 12.3. The molecule has 6 nitrogen and oxygen atoms in total. The second-order valence-corrected chi connectivity index (χ2v) is 6.34. The van der Waals surface area contributed by atoms with Crippen molar-refractivity contribution < 1.29 is 37.3 Å². The second-order valence-electron chi connectivity index (χ2n) is 6.34. The molecule has 0 saturated carbocycles. The molecule has 0 aromatic heterocycles. The number of halogens is 3. The molecule has 1 unspecified atom stereocenters. The Morgan fingerprint density at radius 3 is 2.40 bits per heavy atom. The van der Waals surface area contributed by atoms with Crippen molar-refractivity contribution in [1.82, 2.24) is 5.32 Å². The number of ether oxygens (including phenoxy) is 2. The number of carbonyl (C=O) groups excluding carboxylic acids is 1. The molecule has 0 aliphatic carbocycles. The van der Waals surface area contributed by atoms with Crippen LogP contribution in [0.2, 0.25) is 0 Å². The zero-order valence-corrected chi connectivity index (χ0v) is 14.0. The van der Waals surface area contributed by atoms with Gasteiger partial charge in [0, 0.05) is 6.04 Å². The van der Waals surface area contributed by atoms with E-state index in [9.17, 15) is 22.8 Å². The summed E-state index contributed by atoms with van der Waals surface area (Å²) < 4.78 is 45.7. The van der Waals surface area contributed by atoms with Crippen LogP contribution in [0.25, 0.3) is 0 Å². The first kappa shape index (κ1) is 20.6. The highest BCUT2D eigenvalue weighted by atomic mass is 19.4. The fourth-order valence-electron chi connectivity index (χ4n) is 2.01. The molecule has 1 aromatic carbocycles. The van der Waals surface area contributed by atoms with Crippen LogP contribution >= 0.6 is 0 Å². The van der Waals surface area contributed by atoms with E-state index in [1.54, 1.807) is 20.8 Å². The largest absolute Gasteiger partial charge is 0.573 e. The molecule has 0 aliphatic heterocycles. The fraction of sp³-hybridized carbons (Fsp3) is 0.500. The minimum absolute atomic E-state index is 0.000595. The number of rotatable bonds is 6. The van der Waals surface area contributed by atoms with E-state index in [1.807, 2.05) is 0 Å². The van der Waals surface area contributed by atoms with Crippen molar-refractivity contribution in [2.24, 2.45) is 0 Å². The molecule has 25 heavy (non-hydrogen) atoms. The van der Waals surface area contributed by atoms with Gasteiger partial charge in [0.2, 0.25) is 0 Å². The van der Waals surface area contributed by atoms with Crippen LogP contribution < -0.4 is 10.1 Å². The van der Waals surface area contributed by atoms with Gasteiger partial charge in [-0.25, -0.2) is 4.79 Å². The number of nitrogens with one attached hydrogen (secondary N) is 1. The SMILES string of the molecule is CC(C)(C)OC(=O)NC(CC(=O)O)Cc1cccc(OC(F)(F)F)c1. The molecule has 140 valence electrons. The third kappa shape index (κ3) is 9.43. The summed E-state index contributed by atoms with van der Waals surface area (Å²) in [6.07, 6.45) is -6.04. The van der Waals surface area contributed by atoms with E-state index in [-0.39, 0.29) is 6.42 Å². The highest BCUT2D eigenvalue weighted by Gasteiger charge is 2.31. The highest BCUT2D eigenvalue weighted by molar-refractivity contribution is 5.71. The molecule has 1 amide bonds. The van der Waals surface area contributed by atoms with Crippen molar-refractivity contribution in [3.05, 3.63) is 29.8 Å². The number of hydrogen-bond donors (Lipinski definition) is 2. The molecule has 0 spiro atoms. The average molecular weight is 363 g/mol. The maximum Gasteiger partial charge on any atom is 0.573 e. The van der Waals surface area contributed by atoms with Gasteiger partial charge in [-0.05, 0) is 44.9 Å². The molecule has 9 heteroatoms. The number of carboxylic acid groups (broad SMARTS) is 1. The Kier molecular flexibility index (Phi) is 6.66. The van der Waals surface area contributed by atoms with Gasteiger partial charge in [-0.15, -0.1) is 13.2 Å². The molecule has 2 N–H and O–H groups in total. The molecule has 1 rings (SSSR count). The summed E-state index contributed by atoms with van der Waals surface area (Å²) in [6, 6.07) is 4.27. The minimum atomic E-state index is -4.83. The van der Waals surface area contributed by atoms with Crippen LogP contribution in [0.5, 0.6) is 5.75 Å². The summed E-state index contributed by atoms with van der Waals surface area (Å²) in [5.74, 6) is -1.58. The van der Waals surface area contributed by atoms with Crippen molar-refractivity contribution in [2.45, 2.75) is 51.6 Å². The van der Waals surface area contributed by atoms with Gasteiger partial charge in [0.25, 0.3) is 0 Å². The molecule has 0 heterocycles. The van der Waals surface area contributed by atoms with E-state index in [4.69, 9.17) is 9.84 Å². The molecular weight excluding hydrogens is 343 g/mol. The zero-order valence-electron chi connectivity index (χ0n) is 14.0. The third-order valence-corrected chi connectivity index (χ3v) is 2.76. The van der Waals surface area contributed by atoms with E-state index in [2.05, 4.69) is 10.1 Å². The van der Waals surface area contributed by atoms with E-state index in [0.717, 1.165) is 12.1 Å². The molecule has 1 atom stereocenters. The van der Waals surface area contributed by atoms with E-state index >= 15 is 0 Å². The Labute approximate surface area is 142 Å². The smallest absolute Gasteiger partial charge is 0.481 e. The van der Waals surface area contributed by atoms with Crippen LogP contribution in [0.3, 0.4) is 0 Å². The number of alkyl carbamates (subject to hydrolysis) is 1. The summed E-state index contributed by atoms with van der Waals surface area (Å²) in [4.78, 5) is 22.8.